The van der Waals surface area contributed by atoms with Gasteiger partial charge in [0.25, 0.3) is 5.91 Å². The molecule has 1 saturated heterocycles. The Hall–Kier alpha value is -3.55. The Labute approximate surface area is 230 Å². The summed E-state index contributed by atoms with van der Waals surface area (Å²) in [6.45, 7) is 5.69. The van der Waals surface area contributed by atoms with E-state index in [4.69, 9.17) is 4.52 Å². The molecule has 0 bridgehead atoms. The number of amides is 1. The molecule has 1 aliphatic heterocycles. The fourth-order valence-electron chi connectivity index (χ4n) is 5.09. The minimum atomic E-state index is -0.359. The molecular formula is C32H39FN4O2. The minimum Gasteiger partial charge on any atom is -0.356 e. The van der Waals surface area contributed by atoms with E-state index in [1.54, 1.807) is 0 Å². The van der Waals surface area contributed by atoms with Gasteiger partial charge in [-0.05, 0) is 107 Å². The molecule has 7 heteroatoms. The summed E-state index contributed by atoms with van der Waals surface area (Å²) in [5.74, 6) is 0.121. The van der Waals surface area contributed by atoms with Gasteiger partial charge in [0, 0.05) is 29.6 Å². The van der Waals surface area contributed by atoms with Crippen LogP contribution in [-0.4, -0.2) is 43.1 Å². The number of carbonyl (C=O) groups is 1. The van der Waals surface area contributed by atoms with Gasteiger partial charge >= 0.3 is 0 Å². The van der Waals surface area contributed by atoms with Crippen molar-refractivity contribution in [2.75, 3.05) is 27.2 Å². The number of carbonyl (C=O) groups excluding carboxylic acids is 1. The molecule has 2 heterocycles. The van der Waals surface area contributed by atoms with Gasteiger partial charge in [-0.15, -0.1) is 0 Å². The number of piperidine rings is 1. The zero-order chi connectivity index (χ0) is 27.6. The van der Waals surface area contributed by atoms with E-state index in [1.165, 1.54) is 42.7 Å². The van der Waals surface area contributed by atoms with Gasteiger partial charge in [-0.2, -0.15) is 0 Å². The molecule has 0 aliphatic carbocycles. The first-order valence-corrected chi connectivity index (χ1v) is 13.7. The summed E-state index contributed by atoms with van der Waals surface area (Å²) in [4.78, 5) is 14.9. The second-order valence-corrected chi connectivity index (χ2v) is 10.3. The van der Waals surface area contributed by atoms with Gasteiger partial charge in [0.15, 0.2) is 5.58 Å². The first-order chi connectivity index (χ1) is 19.0. The van der Waals surface area contributed by atoms with Crippen molar-refractivity contribution in [3.63, 3.8) is 0 Å². The Kier molecular flexibility index (Phi) is 10.2. The number of halogens is 1. The fraction of sp³-hybridized carbons (Fsp3) is 0.375. The highest BCUT2D eigenvalue weighted by Gasteiger charge is 2.21. The molecular weight excluding hydrogens is 491 g/mol. The highest BCUT2D eigenvalue weighted by atomic mass is 19.1. The van der Waals surface area contributed by atoms with E-state index < -0.39 is 0 Å². The van der Waals surface area contributed by atoms with E-state index in [1.807, 2.05) is 27.1 Å². The second-order valence-electron chi connectivity index (χ2n) is 10.3. The molecule has 206 valence electrons. The van der Waals surface area contributed by atoms with Crippen molar-refractivity contribution in [1.29, 1.82) is 0 Å². The number of rotatable bonds is 8. The smallest absolute Gasteiger partial charge is 0.251 e. The Morgan fingerprint density at radius 3 is 2.41 bits per heavy atom. The van der Waals surface area contributed by atoms with Crippen molar-refractivity contribution in [2.24, 2.45) is 5.92 Å². The van der Waals surface area contributed by atoms with Crippen molar-refractivity contribution in [1.82, 2.24) is 20.7 Å². The lowest BCUT2D eigenvalue weighted by atomic mass is 9.90. The third-order valence-corrected chi connectivity index (χ3v) is 7.37. The highest BCUT2D eigenvalue weighted by molar-refractivity contribution is 5.94. The zero-order valence-corrected chi connectivity index (χ0v) is 23.2. The van der Waals surface area contributed by atoms with E-state index in [0.717, 1.165) is 60.3 Å². The summed E-state index contributed by atoms with van der Waals surface area (Å²) >= 11 is 0. The Morgan fingerprint density at radius 2 is 1.72 bits per heavy atom. The molecule has 4 aromatic rings. The van der Waals surface area contributed by atoms with E-state index in [9.17, 15) is 9.18 Å². The number of hydrogen-bond donors (Lipinski definition) is 2. The highest BCUT2D eigenvalue weighted by Crippen LogP contribution is 2.28. The quantitative estimate of drug-likeness (QED) is 0.298. The Bertz CT molecular complexity index is 1330. The SMILES string of the molecule is CNC.Cc1c(CNC(=O)c2ccc(F)cc2)ccc2c(CCC3CCN(Cc4ccccc4)CC3)noc12. The molecule has 39 heavy (non-hydrogen) atoms. The molecule has 1 aliphatic rings. The molecule has 3 aromatic carbocycles. The van der Waals surface area contributed by atoms with E-state index in [0.29, 0.717) is 18.0 Å². The van der Waals surface area contributed by atoms with Crippen LogP contribution in [-0.2, 0) is 19.5 Å². The van der Waals surface area contributed by atoms with Crippen LogP contribution in [0.15, 0.2) is 71.3 Å². The third kappa shape index (κ3) is 7.74. The van der Waals surface area contributed by atoms with Crippen molar-refractivity contribution >= 4 is 16.9 Å². The molecule has 0 saturated carbocycles. The number of fused-ring (bicyclic) bond motifs is 1. The number of benzene rings is 3. The molecule has 1 fully saturated rings. The summed E-state index contributed by atoms with van der Waals surface area (Å²) in [7, 11) is 3.75. The van der Waals surface area contributed by atoms with Crippen LogP contribution in [0.2, 0.25) is 0 Å². The minimum absolute atomic E-state index is 0.234. The third-order valence-electron chi connectivity index (χ3n) is 7.37. The molecule has 0 radical (unpaired) electrons. The molecule has 6 nitrogen and oxygen atoms in total. The maximum atomic E-state index is 13.1. The summed E-state index contributed by atoms with van der Waals surface area (Å²) in [6, 6.07) is 20.3. The van der Waals surface area contributed by atoms with Crippen molar-refractivity contribution in [3.05, 3.63) is 100 Å². The summed E-state index contributed by atoms with van der Waals surface area (Å²) in [5, 5.41) is 11.1. The van der Waals surface area contributed by atoms with Gasteiger partial charge in [0.1, 0.15) is 5.82 Å². The maximum absolute atomic E-state index is 13.1. The lowest BCUT2D eigenvalue weighted by Crippen LogP contribution is -2.33. The number of likely N-dealkylation sites (tertiary alicyclic amines) is 1. The number of hydrogen-bond acceptors (Lipinski definition) is 5. The Morgan fingerprint density at radius 1 is 1.03 bits per heavy atom. The predicted molar refractivity (Wildman–Crippen MR) is 154 cm³/mol. The monoisotopic (exact) mass is 530 g/mol. The molecule has 2 N–H and O–H groups in total. The number of nitrogens with one attached hydrogen (secondary N) is 2. The van der Waals surface area contributed by atoms with Crippen LogP contribution in [0, 0.1) is 18.7 Å². The number of nitrogens with zero attached hydrogens (tertiary/aromatic N) is 2. The zero-order valence-electron chi connectivity index (χ0n) is 23.2. The van der Waals surface area contributed by atoms with Crippen LogP contribution in [0.4, 0.5) is 4.39 Å². The maximum Gasteiger partial charge on any atom is 0.251 e. The van der Waals surface area contributed by atoms with Crippen LogP contribution < -0.4 is 10.6 Å². The van der Waals surface area contributed by atoms with Gasteiger partial charge in [0.05, 0.1) is 5.69 Å². The lowest BCUT2D eigenvalue weighted by molar-refractivity contribution is 0.0951. The van der Waals surface area contributed by atoms with Gasteiger partial charge < -0.3 is 15.2 Å². The van der Waals surface area contributed by atoms with E-state index in [2.05, 4.69) is 57.1 Å². The first kappa shape index (κ1) is 28.5. The van der Waals surface area contributed by atoms with Crippen molar-refractivity contribution in [3.8, 4) is 0 Å². The Balaban J connectivity index is 0.00000112. The van der Waals surface area contributed by atoms with E-state index >= 15 is 0 Å². The van der Waals surface area contributed by atoms with Crippen LogP contribution >= 0.6 is 0 Å². The molecule has 5 rings (SSSR count). The predicted octanol–water partition coefficient (Wildman–Crippen LogP) is 5.89. The topological polar surface area (TPSA) is 70.4 Å². The van der Waals surface area contributed by atoms with Crippen molar-refractivity contribution < 1.29 is 13.7 Å². The van der Waals surface area contributed by atoms with Crippen LogP contribution in [0.3, 0.4) is 0 Å². The van der Waals surface area contributed by atoms with Gasteiger partial charge in [0.2, 0.25) is 0 Å². The summed E-state index contributed by atoms with van der Waals surface area (Å²) < 4.78 is 18.8. The van der Waals surface area contributed by atoms with Crippen LogP contribution in [0.25, 0.3) is 11.0 Å². The molecule has 1 aromatic heterocycles. The number of aromatic nitrogens is 1. The molecule has 0 unspecified atom stereocenters. The summed E-state index contributed by atoms with van der Waals surface area (Å²) in [5.41, 5.74) is 5.59. The van der Waals surface area contributed by atoms with Crippen molar-refractivity contribution in [2.45, 2.75) is 45.7 Å². The first-order valence-electron chi connectivity index (χ1n) is 13.7. The van der Waals surface area contributed by atoms with E-state index in [-0.39, 0.29) is 11.7 Å². The fourth-order valence-corrected chi connectivity index (χ4v) is 5.09. The van der Waals surface area contributed by atoms with Gasteiger partial charge in [-0.25, -0.2) is 4.39 Å². The van der Waals surface area contributed by atoms with Gasteiger partial charge in [-0.1, -0.05) is 41.6 Å². The lowest BCUT2D eigenvalue weighted by Gasteiger charge is -2.31. The van der Waals surface area contributed by atoms with Gasteiger partial charge in [-0.3, -0.25) is 9.69 Å². The molecule has 1 amide bonds. The van der Waals surface area contributed by atoms with Crippen LogP contribution in [0.5, 0.6) is 0 Å². The molecule has 0 atom stereocenters. The standard InChI is InChI=1S/C30H32FN3O2.C2H7N/c1-21-25(19-32-30(35)24-8-11-26(31)12-9-24)10-13-27-28(33-36-29(21)27)14-7-22-15-17-34(18-16-22)20-23-5-3-2-4-6-23;1-3-2/h2-6,8-13,22H,7,14-20H2,1H3,(H,32,35);3H,1-2H3. The summed E-state index contributed by atoms with van der Waals surface area (Å²) in [6.07, 6.45) is 4.48. The number of aryl methyl sites for hydroxylation is 2. The van der Waals surface area contributed by atoms with Crippen LogP contribution in [0.1, 0.15) is 52.0 Å². The second kappa shape index (κ2) is 14.0. The molecule has 0 spiro atoms. The average molecular weight is 531 g/mol. The normalized spacial score (nSPS) is 14.2. The largest absolute Gasteiger partial charge is 0.356 e. The average Bonchev–Trinajstić information content (AvgIpc) is 3.37.